The lowest BCUT2D eigenvalue weighted by Gasteiger charge is -2.21. The van der Waals surface area contributed by atoms with Crippen LogP contribution in [0.15, 0.2) is 36.4 Å². The van der Waals surface area contributed by atoms with Crippen LogP contribution in [0.5, 0.6) is 17.2 Å². The Morgan fingerprint density at radius 1 is 1.17 bits per heavy atom. The summed E-state index contributed by atoms with van der Waals surface area (Å²) < 4.78 is 15.9. The third kappa shape index (κ3) is 4.77. The normalized spacial score (nSPS) is 13.1. The number of nitrogens with zero attached hydrogens (tertiary/aromatic N) is 1. The maximum absolute atomic E-state index is 12.3. The van der Waals surface area contributed by atoms with Crippen LogP contribution in [0.1, 0.15) is 28.9 Å². The van der Waals surface area contributed by atoms with Crippen LogP contribution in [0.4, 0.5) is 5.69 Å². The quantitative estimate of drug-likeness (QED) is 0.522. The molecule has 0 aromatic heterocycles. The third-order valence-corrected chi connectivity index (χ3v) is 4.49. The third-order valence-electron chi connectivity index (χ3n) is 4.49. The Kier molecular flexibility index (Phi) is 6.35. The van der Waals surface area contributed by atoms with Crippen LogP contribution in [0, 0.1) is 10.1 Å². The standard InChI is InChI=1S/C20H21N3O7/c1-12(13-3-6-17-18(10-13)30-8-7-29-17)22-19(24)11-21-20(25)14-4-5-16(28-2)15(9-14)23(26)27/h3-6,9-10,12H,7-8,11H2,1-2H3,(H,21,25)(H,22,24)/t12-/m0/s1. The van der Waals surface area contributed by atoms with Crippen molar-refractivity contribution in [1.82, 2.24) is 10.6 Å². The van der Waals surface area contributed by atoms with E-state index in [4.69, 9.17) is 14.2 Å². The smallest absolute Gasteiger partial charge is 0.311 e. The molecule has 2 aromatic rings. The first-order chi connectivity index (χ1) is 14.4. The van der Waals surface area contributed by atoms with Crippen molar-refractivity contribution >= 4 is 17.5 Å². The summed E-state index contributed by atoms with van der Waals surface area (Å²) in [6.07, 6.45) is 0. The Morgan fingerprint density at radius 3 is 2.60 bits per heavy atom. The first kappa shape index (κ1) is 20.9. The molecule has 30 heavy (non-hydrogen) atoms. The minimum absolute atomic E-state index is 0.0440. The Morgan fingerprint density at radius 2 is 1.90 bits per heavy atom. The van der Waals surface area contributed by atoms with E-state index < -0.39 is 16.7 Å². The van der Waals surface area contributed by atoms with Crippen molar-refractivity contribution in [2.75, 3.05) is 26.9 Å². The Balaban J connectivity index is 1.57. The zero-order chi connectivity index (χ0) is 21.7. The van der Waals surface area contributed by atoms with Gasteiger partial charge in [0.05, 0.1) is 24.6 Å². The Hall–Kier alpha value is -3.82. The summed E-state index contributed by atoms with van der Waals surface area (Å²) in [5.74, 6) is 0.304. The number of hydrogen-bond donors (Lipinski definition) is 2. The minimum Gasteiger partial charge on any atom is -0.490 e. The number of nitrogens with one attached hydrogen (secondary N) is 2. The number of nitro benzene ring substituents is 1. The van der Waals surface area contributed by atoms with Gasteiger partial charge in [0.25, 0.3) is 5.91 Å². The van der Waals surface area contributed by atoms with Gasteiger partial charge in [-0.05, 0) is 36.8 Å². The van der Waals surface area contributed by atoms with E-state index in [9.17, 15) is 19.7 Å². The van der Waals surface area contributed by atoms with E-state index in [0.29, 0.717) is 24.7 Å². The Labute approximate surface area is 172 Å². The number of carbonyl (C=O) groups excluding carboxylic acids is 2. The molecular weight excluding hydrogens is 394 g/mol. The highest BCUT2D eigenvalue weighted by Gasteiger charge is 2.19. The molecular formula is C20H21N3O7. The highest BCUT2D eigenvalue weighted by molar-refractivity contribution is 5.97. The zero-order valence-corrected chi connectivity index (χ0v) is 16.5. The van der Waals surface area contributed by atoms with Gasteiger partial charge in [-0.2, -0.15) is 0 Å². The fraction of sp³-hybridized carbons (Fsp3) is 0.300. The molecule has 2 aromatic carbocycles. The molecule has 10 nitrogen and oxygen atoms in total. The second-order valence-electron chi connectivity index (χ2n) is 6.52. The molecule has 1 aliphatic heterocycles. The highest BCUT2D eigenvalue weighted by Crippen LogP contribution is 2.32. The average Bonchev–Trinajstić information content (AvgIpc) is 2.76. The number of hydrogen-bond acceptors (Lipinski definition) is 7. The van der Waals surface area contributed by atoms with Gasteiger partial charge in [0, 0.05) is 11.6 Å². The summed E-state index contributed by atoms with van der Waals surface area (Å²) in [6.45, 7) is 2.48. The number of carbonyl (C=O) groups is 2. The number of rotatable bonds is 7. The lowest BCUT2D eigenvalue weighted by Crippen LogP contribution is -2.38. The molecule has 1 aliphatic rings. The summed E-state index contributed by atoms with van der Waals surface area (Å²) in [5.41, 5.74) is 0.543. The zero-order valence-electron chi connectivity index (χ0n) is 16.5. The van der Waals surface area contributed by atoms with Crippen LogP contribution in [0.2, 0.25) is 0 Å². The van der Waals surface area contributed by atoms with Crippen molar-refractivity contribution in [2.24, 2.45) is 0 Å². The second-order valence-corrected chi connectivity index (χ2v) is 6.52. The molecule has 0 radical (unpaired) electrons. The number of fused-ring (bicyclic) bond motifs is 1. The van der Waals surface area contributed by atoms with Crippen LogP contribution in [-0.2, 0) is 4.79 Å². The van der Waals surface area contributed by atoms with Crippen molar-refractivity contribution in [1.29, 1.82) is 0 Å². The van der Waals surface area contributed by atoms with E-state index in [0.717, 1.165) is 11.6 Å². The number of methoxy groups -OCH3 is 1. The number of nitro groups is 1. The lowest BCUT2D eigenvalue weighted by atomic mass is 10.1. The molecule has 2 N–H and O–H groups in total. The van der Waals surface area contributed by atoms with Crippen LogP contribution in [0.25, 0.3) is 0 Å². The maximum atomic E-state index is 12.3. The van der Waals surface area contributed by atoms with Gasteiger partial charge in [-0.15, -0.1) is 0 Å². The van der Waals surface area contributed by atoms with Crippen molar-refractivity contribution < 1.29 is 28.7 Å². The molecule has 10 heteroatoms. The van der Waals surface area contributed by atoms with Crippen molar-refractivity contribution in [2.45, 2.75) is 13.0 Å². The molecule has 1 heterocycles. The fourth-order valence-corrected chi connectivity index (χ4v) is 2.94. The van der Waals surface area contributed by atoms with E-state index in [1.807, 2.05) is 6.07 Å². The molecule has 0 aliphatic carbocycles. The minimum atomic E-state index is -0.642. The fourth-order valence-electron chi connectivity index (χ4n) is 2.94. The highest BCUT2D eigenvalue weighted by atomic mass is 16.6. The van der Waals surface area contributed by atoms with Crippen molar-refractivity contribution in [3.63, 3.8) is 0 Å². The maximum Gasteiger partial charge on any atom is 0.311 e. The van der Waals surface area contributed by atoms with Crippen molar-refractivity contribution in [3.8, 4) is 17.2 Å². The SMILES string of the molecule is COc1ccc(C(=O)NCC(=O)N[C@@H](C)c2ccc3c(c2)OCCO3)cc1[N+](=O)[O-]. The molecule has 0 fully saturated rings. The van der Waals surface area contributed by atoms with E-state index in [-0.39, 0.29) is 29.6 Å². The van der Waals surface area contributed by atoms with Gasteiger partial charge in [-0.3, -0.25) is 19.7 Å². The first-order valence-corrected chi connectivity index (χ1v) is 9.18. The van der Waals surface area contributed by atoms with Gasteiger partial charge in [-0.25, -0.2) is 0 Å². The number of amides is 2. The summed E-state index contributed by atoms with van der Waals surface area (Å²) in [5, 5.41) is 16.3. The monoisotopic (exact) mass is 415 g/mol. The average molecular weight is 415 g/mol. The second kappa shape index (κ2) is 9.12. The van der Waals surface area contributed by atoms with Crippen LogP contribution in [0.3, 0.4) is 0 Å². The summed E-state index contributed by atoms with van der Waals surface area (Å²) in [4.78, 5) is 34.9. The van der Waals surface area contributed by atoms with Crippen LogP contribution in [-0.4, -0.2) is 43.6 Å². The van der Waals surface area contributed by atoms with Gasteiger partial charge in [0.2, 0.25) is 5.91 Å². The largest absolute Gasteiger partial charge is 0.490 e. The predicted molar refractivity (Wildman–Crippen MR) is 106 cm³/mol. The van der Waals surface area contributed by atoms with E-state index in [1.54, 1.807) is 19.1 Å². The van der Waals surface area contributed by atoms with Gasteiger partial charge in [0.1, 0.15) is 13.2 Å². The number of ether oxygens (including phenoxy) is 3. The summed E-state index contributed by atoms with van der Waals surface area (Å²) in [7, 11) is 1.30. The van der Waals surface area contributed by atoms with Crippen LogP contribution < -0.4 is 24.8 Å². The molecule has 2 amide bonds. The summed E-state index contributed by atoms with van der Waals surface area (Å²) >= 11 is 0. The molecule has 0 unspecified atom stereocenters. The van der Waals surface area contributed by atoms with E-state index >= 15 is 0 Å². The molecule has 0 spiro atoms. The van der Waals surface area contributed by atoms with E-state index in [2.05, 4.69) is 10.6 Å². The van der Waals surface area contributed by atoms with Crippen LogP contribution >= 0.6 is 0 Å². The van der Waals surface area contributed by atoms with Gasteiger partial charge in [-0.1, -0.05) is 6.07 Å². The molecule has 0 saturated carbocycles. The Bertz CT molecular complexity index is 977. The van der Waals surface area contributed by atoms with Crippen molar-refractivity contribution in [3.05, 3.63) is 57.6 Å². The molecule has 158 valence electrons. The molecule has 0 saturated heterocycles. The number of benzene rings is 2. The molecule has 0 bridgehead atoms. The van der Waals surface area contributed by atoms with Gasteiger partial charge >= 0.3 is 5.69 Å². The summed E-state index contributed by atoms with van der Waals surface area (Å²) in [6, 6.07) is 8.90. The first-order valence-electron chi connectivity index (χ1n) is 9.18. The predicted octanol–water partition coefficient (Wildman–Crippen LogP) is 1.98. The van der Waals surface area contributed by atoms with Gasteiger partial charge in [0.15, 0.2) is 17.2 Å². The topological polar surface area (TPSA) is 129 Å². The molecule has 1 atom stereocenters. The van der Waals surface area contributed by atoms with E-state index in [1.165, 1.54) is 19.2 Å². The van der Waals surface area contributed by atoms with Gasteiger partial charge < -0.3 is 24.8 Å². The lowest BCUT2D eigenvalue weighted by molar-refractivity contribution is -0.385. The molecule has 3 rings (SSSR count).